The molecule has 0 aliphatic carbocycles. The van der Waals surface area contributed by atoms with E-state index in [1.165, 1.54) is 97.2 Å². The van der Waals surface area contributed by atoms with E-state index in [0.717, 1.165) is 0 Å². The maximum Gasteiger partial charge on any atom is 0.179 e. The van der Waals surface area contributed by atoms with Crippen molar-refractivity contribution < 1.29 is 0 Å². The third-order valence-electron chi connectivity index (χ3n) is 11.8. The summed E-state index contributed by atoms with van der Waals surface area (Å²) in [5.74, 6) is 0. The molecule has 10 rings (SSSR count). The van der Waals surface area contributed by atoms with Crippen molar-refractivity contribution in [3.05, 3.63) is 217 Å². The van der Waals surface area contributed by atoms with E-state index in [2.05, 4.69) is 220 Å². The van der Waals surface area contributed by atoms with E-state index in [9.17, 15) is 0 Å². The fourth-order valence-corrected chi connectivity index (χ4v) is 14.5. The van der Waals surface area contributed by atoms with E-state index in [4.69, 9.17) is 0 Å². The van der Waals surface area contributed by atoms with Gasteiger partial charge in [0.2, 0.25) is 0 Å². The Kier molecular flexibility index (Phi) is 8.05. The van der Waals surface area contributed by atoms with Crippen LogP contribution in [0.25, 0.3) is 65.3 Å². The standard InChI is InChI=1S/C54H40Si/c1-37-35-52(55(42-22-5-3-6-23-42,43-24-7-4-8-25-43)44-33-32-39-18-9-10-20-41(39)36-44)38(2)34-51(37)54-49-29-15-13-27-47(49)53(48-28-14-16-30-50(48)54)46-31-17-21-40-19-11-12-26-45(40)46/h3-36H,1-2H3. The maximum atomic E-state index is 2.55. The highest BCUT2D eigenvalue weighted by molar-refractivity contribution is 7.20. The monoisotopic (exact) mass is 716 g/mol. The Balaban J connectivity index is 1.28. The van der Waals surface area contributed by atoms with Gasteiger partial charge in [0.15, 0.2) is 8.07 Å². The molecular weight excluding hydrogens is 677 g/mol. The molecule has 0 bridgehead atoms. The Hall–Kier alpha value is -6.54. The van der Waals surface area contributed by atoms with Crippen LogP contribution in [0, 0.1) is 13.8 Å². The van der Waals surface area contributed by atoms with E-state index in [-0.39, 0.29) is 0 Å². The van der Waals surface area contributed by atoms with Gasteiger partial charge in [-0.2, -0.15) is 0 Å². The average Bonchev–Trinajstić information content (AvgIpc) is 3.25. The quantitative estimate of drug-likeness (QED) is 0.0913. The van der Waals surface area contributed by atoms with Crippen molar-refractivity contribution >= 4 is 71.9 Å². The average molecular weight is 717 g/mol. The molecule has 0 N–H and O–H groups in total. The molecule has 0 amide bonds. The summed E-state index contributed by atoms with van der Waals surface area (Å²) in [6.07, 6.45) is 0. The molecule has 0 saturated heterocycles. The Morgan fingerprint density at radius 1 is 0.291 bits per heavy atom. The van der Waals surface area contributed by atoms with Gasteiger partial charge in [0, 0.05) is 0 Å². The zero-order valence-corrected chi connectivity index (χ0v) is 32.1. The van der Waals surface area contributed by atoms with Crippen molar-refractivity contribution in [1.29, 1.82) is 0 Å². The van der Waals surface area contributed by atoms with Crippen LogP contribution in [0.4, 0.5) is 0 Å². The summed E-state index contributed by atoms with van der Waals surface area (Å²) in [7, 11) is -2.80. The first-order valence-electron chi connectivity index (χ1n) is 19.3. The van der Waals surface area contributed by atoms with Crippen molar-refractivity contribution in [2.24, 2.45) is 0 Å². The van der Waals surface area contributed by atoms with Gasteiger partial charge >= 0.3 is 0 Å². The highest BCUT2D eigenvalue weighted by Gasteiger charge is 2.43. The molecule has 260 valence electrons. The van der Waals surface area contributed by atoms with Crippen molar-refractivity contribution in [2.45, 2.75) is 13.8 Å². The molecule has 1 heteroatoms. The molecule has 0 aromatic heterocycles. The second-order valence-corrected chi connectivity index (χ2v) is 18.7. The minimum absolute atomic E-state index is 1.26. The predicted molar refractivity (Wildman–Crippen MR) is 240 cm³/mol. The topological polar surface area (TPSA) is 0 Å². The van der Waals surface area contributed by atoms with Crippen LogP contribution in [0.2, 0.25) is 0 Å². The highest BCUT2D eigenvalue weighted by atomic mass is 28.3. The van der Waals surface area contributed by atoms with Crippen LogP contribution < -0.4 is 20.7 Å². The van der Waals surface area contributed by atoms with E-state index in [1.807, 2.05) is 0 Å². The fourth-order valence-electron chi connectivity index (χ4n) is 9.41. The molecule has 0 atom stereocenters. The number of benzene rings is 10. The van der Waals surface area contributed by atoms with Gasteiger partial charge in [-0.25, -0.2) is 0 Å². The predicted octanol–water partition coefficient (Wildman–Crippen LogP) is 11.6. The van der Waals surface area contributed by atoms with Crippen LogP contribution in [0.15, 0.2) is 206 Å². The molecule has 0 radical (unpaired) electrons. The van der Waals surface area contributed by atoms with E-state index < -0.39 is 8.07 Å². The lowest BCUT2D eigenvalue weighted by molar-refractivity contribution is 1.42. The highest BCUT2D eigenvalue weighted by Crippen LogP contribution is 2.46. The summed E-state index contributed by atoms with van der Waals surface area (Å²) in [5, 5.41) is 15.8. The number of rotatable bonds is 6. The Bertz CT molecular complexity index is 2950. The molecule has 0 unspecified atom stereocenters. The molecule has 0 fully saturated rings. The summed E-state index contributed by atoms with van der Waals surface area (Å²) < 4.78 is 0. The van der Waals surface area contributed by atoms with E-state index in [1.54, 1.807) is 0 Å². The van der Waals surface area contributed by atoms with Crippen molar-refractivity contribution in [3.63, 3.8) is 0 Å². The number of fused-ring (bicyclic) bond motifs is 4. The van der Waals surface area contributed by atoms with Crippen LogP contribution >= 0.6 is 0 Å². The minimum Gasteiger partial charge on any atom is -0.0623 e. The van der Waals surface area contributed by atoms with Crippen molar-refractivity contribution in [2.75, 3.05) is 0 Å². The summed E-state index contributed by atoms with van der Waals surface area (Å²) in [4.78, 5) is 0. The summed E-state index contributed by atoms with van der Waals surface area (Å²) in [5.41, 5.74) is 7.78. The SMILES string of the molecule is Cc1cc([Si](c2ccccc2)(c2ccccc2)c2ccc3ccccc3c2)c(C)cc1-c1c2ccccc2c(-c2cccc3ccccc23)c2ccccc12. The molecule has 10 aromatic carbocycles. The zero-order chi connectivity index (χ0) is 36.9. The first-order valence-corrected chi connectivity index (χ1v) is 21.3. The third-order valence-corrected chi connectivity index (χ3v) is 16.8. The smallest absolute Gasteiger partial charge is 0.0623 e. The molecule has 0 saturated carbocycles. The number of aryl methyl sites for hydroxylation is 2. The van der Waals surface area contributed by atoms with Gasteiger partial charge < -0.3 is 0 Å². The van der Waals surface area contributed by atoms with Crippen LogP contribution in [0.5, 0.6) is 0 Å². The Morgan fingerprint density at radius 2 is 0.764 bits per heavy atom. The first kappa shape index (κ1) is 33.1. The van der Waals surface area contributed by atoms with Crippen LogP contribution in [0.1, 0.15) is 11.1 Å². The second-order valence-electron chi connectivity index (χ2n) is 14.9. The second kappa shape index (κ2) is 13.4. The largest absolute Gasteiger partial charge is 0.179 e. The van der Waals surface area contributed by atoms with Gasteiger partial charge in [-0.1, -0.05) is 212 Å². The first-order chi connectivity index (χ1) is 27.1. The molecule has 10 aromatic rings. The molecule has 0 heterocycles. The molecular formula is C54H40Si. The molecule has 0 nitrogen and oxygen atoms in total. The number of hydrogen-bond acceptors (Lipinski definition) is 0. The van der Waals surface area contributed by atoms with Gasteiger partial charge in [0.1, 0.15) is 0 Å². The minimum atomic E-state index is -2.80. The maximum absolute atomic E-state index is 2.80. The third kappa shape index (κ3) is 5.27. The molecule has 0 aliphatic rings. The number of hydrogen-bond donors (Lipinski definition) is 0. The summed E-state index contributed by atoms with van der Waals surface area (Å²) in [6, 6.07) is 77.2. The Morgan fingerprint density at radius 3 is 1.36 bits per heavy atom. The van der Waals surface area contributed by atoms with Gasteiger partial charge in [0.05, 0.1) is 0 Å². The van der Waals surface area contributed by atoms with Gasteiger partial charge in [-0.05, 0) is 106 Å². The van der Waals surface area contributed by atoms with Crippen LogP contribution in [0.3, 0.4) is 0 Å². The fraction of sp³-hybridized carbons (Fsp3) is 0.0370. The molecule has 0 aliphatic heterocycles. The van der Waals surface area contributed by atoms with E-state index in [0.29, 0.717) is 0 Å². The summed E-state index contributed by atoms with van der Waals surface area (Å²) in [6.45, 7) is 4.68. The van der Waals surface area contributed by atoms with Crippen LogP contribution in [-0.4, -0.2) is 8.07 Å². The lowest BCUT2D eigenvalue weighted by atomic mass is 9.83. The van der Waals surface area contributed by atoms with Crippen molar-refractivity contribution in [1.82, 2.24) is 0 Å². The lowest BCUT2D eigenvalue weighted by Gasteiger charge is -2.36. The normalized spacial score (nSPS) is 11.8. The lowest BCUT2D eigenvalue weighted by Crippen LogP contribution is -2.75. The van der Waals surface area contributed by atoms with Gasteiger partial charge in [0.25, 0.3) is 0 Å². The van der Waals surface area contributed by atoms with Gasteiger partial charge in [-0.3, -0.25) is 0 Å². The van der Waals surface area contributed by atoms with Gasteiger partial charge in [-0.15, -0.1) is 0 Å². The van der Waals surface area contributed by atoms with Crippen LogP contribution in [-0.2, 0) is 0 Å². The van der Waals surface area contributed by atoms with Crippen molar-refractivity contribution in [3.8, 4) is 22.3 Å². The summed E-state index contributed by atoms with van der Waals surface area (Å²) >= 11 is 0. The molecule has 55 heavy (non-hydrogen) atoms. The molecule has 0 spiro atoms. The van der Waals surface area contributed by atoms with E-state index >= 15 is 0 Å². The Labute approximate surface area is 324 Å². The zero-order valence-electron chi connectivity index (χ0n) is 31.1.